The van der Waals surface area contributed by atoms with Crippen LogP contribution >= 0.6 is 0 Å². The van der Waals surface area contributed by atoms with Crippen molar-refractivity contribution in [3.63, 3.8) is 0 Å². The minimum atomic E-state index is -0.183. The summed E-state index contributed by atoms with van der Waals surface area (Å²) in [5, 5.41) is 0. The van der Waals surface area contributed by atoms with Crippen LogP contribution in [-0.4, -0.2) is 4.57 Å². The van der Waals surface area contributed by atoms with E-state index in [1.165, 1.54) is 6.42 Å². The van der Waals surface area contributed by atoms with Gasteiger partial charge in [-0.05, 0) is 44.9 Å². The second-order valence-electron chi connectivity index (χ2n) is 7.07. The number of fused-ring (bicyclic) bond motifs is 1. The lowest BCUT2D eigenvalue weighted by atomic mass is 9.70. The molecule has 0 bridgehead atoms. The molecule has 1 aliphatic carbocycles. The van der Waals surface area contributed by atoms with Gasteiger partial charge in [0.25, 0.3) is 0 Å². The zero-order chi connectivity index (χ0) is 14.4. The Morgan fingerprint density at radius 3 is 2.42 bits per heavy atom. The molecule has 0 aromatic carbocycles. The van der Waals surface area contributed by atoms with E-state index in [1.54, 1.807) is 0 Å². The Hall–Kier alpha value is -0.990. The molecular weight excluding hydrogens is 238 g/mol. The molecule has 3 heteroatoms. The third-order valence-electron chi connectivity index (χ3n) is 4.70. The van der Waals surface area contributed by atoms with Crippen LogP contribution in [0.25, 0.3) is 0 Å². The molecule has 0 N–H and O–H groups in total. The summed E-state index contributed by atoms with van der Waals surface area (Å²) in [7, 11) is 0. The predicted molar refractivity (Wildman–Crippen MR) is 77.6 cm³/mol. The Bertz CT molecular complexity index is 505. The monoisotopic (exact) mass is 265 g/mol. The van der Waals surface area contributed by atoms with E-state index in [0.29, 0.717) is 11.8 Å². The van der Waals surface area contributed by atoms with E-state index < -0.39 is 0 Å². The van der Waals surface area contributed by atoms with Gasteiger partial charge in [0.1, 0.15) is 5.76 Å². The average Bonchev–Trinajstić information content (AvgIpc) is 2.55. The van der Waals surface area contributed by atoms with Crippen molar-refractivity contribution in [2.45, 2.75) is 72.3 Å². The molecule has 1 heterocycles. The fourth-order valence-corrected chi connectivity index (χ4v) is 3.86. The largest absolute Gasteiger partial charge is 0.419 e. The van der Waals surface area contributed by atoms with Gasteiger partial charge in [0.15, 0.2) is 0 Å². The van der Waals surface area contributed by atoms with Gasteiger partial charge in [-0.2, -0.15) is 0 Å². The number of nitrogens with zero attached hydrogens (tertiary/aromatic N) is 1. The van der Waals surface area contributed by atoms with E-state index in [0.717, 1.165) is 24.3 Å². The molecule has 0 saturated carbocycles. The lowest BCUT2D eigenvalue weighted by Gasteiger charge is -2.34. The van der Waals surface area contributed by atoms with E-state index in [9.17, 15) is 4.79 Å². The highest BCUT2D eigenvalue weighted by molar-refractivity contribution is 5.23. The van der Waals surface area contributed by atoms with Gasteiger partial charge in [-0.1, -0.05) is 27.7 Å². The molecule has 1 aliphatic rings. The van der Waals surface area contributed by atoms with Crippen molar-refractivity contribution in [1.82, 2.24) is 4.57 Å². The highest BCUT2D eigenvalue weighted by Gasteiger charge is 2.41. The first-order valence-electron chi connectivity index (χ1n) is 7.51. The van der Waals surface area contributed by atoms with Gasteiger partial charge in [0.2, 0.25) is 0 Å². The molecule has 0 aliphatic heterocycles. The molecule has 1 atom stereocenters. The first kappa shape index (κ1) is 14.4. The molecule has 0 spiro atoms. The van der Waals surface area contributed by atoms with Crippen LogP contribution in [0.2, 0.25) is 0 Å². The zero-order valence-electron chi connectivity index (χ0n) is 13.1. The van der Waals surface area contributed by atoms with Crippen LogP contribution in [0.4, 0.5) is 0 Å². The smallest absolute Gasteiger partial charge is 0.412 e. The lowest BCUT2D eigenvalue weighted by molar-refractivity contribution is 0.194. The third kappa shape index (κ3) is 2.28. The minimum absolute atomic E-state index is 0.0562. The highest BCUT2D eigenvalue weighted by Crippen LogP contribution is 2.43. The number of rotatable bonds is 2. The van der Waals surface area contributed by atoms with Crippen molar-refractivity contribution >= 4 is 0 Å². The normalized spacial score (nSPS) is 22.6. The van der Waals surface area contributed by atoms with Crippen molar-refractivity contribution in [3.05, 3.63) is 22.0 Å². The zero-order valence-corrected chi connectivity index (χ0v) is 13.1. The van der Waals surface area contributed by atoms with E-state index in [-0.39, 0.29) is 17.2 Å². The average molecular weight is 265 g/mol. The molecule has 0 saturated heterocycles. The third-order valence-corrected chi connectivity index (χ3v) is 4.70. The summed E-state index contributed by atoms with van der Waals surface area (Å²) in [6.07, 6.45) is 3.32. The van der Waals surface area contributed by atoms with E-state index >= 15 is 0 Å². The maximum Gasteiger partial charge on any atom is 0.419 e. The van der Waals surface area contributed by atoms with E-state index in [4.69, 9.17) is 4.42 Å². The van der Waals surface area contributed by atoms with Crippen LogP contribution in [0.1, 0.15) is 71.9 Å². The summed E-state index contributed by atoms with van der Waals surface area (Å²) in [6, 6.07) is 0.173. The Labute approximate surface area is 116 Å². The summed E-state index contributed by atoms with van der Waals surface area (Å²) in [4.78, 5) is 12.1. The van der Waals surface area contributed by atoms with Gasteiger partial charge in [-0.15, -0.1) is 0 Å². The molecular formula is C16H27NO2. The summed E-state index contributed by atoms with van der Waals surface area (Å²) in [5.41, 5.74) is 1.08. The molecule has 0 amide bonds. The summed E-state index contributed by atoms with van der Waals surface area (Å²) < 4.78 is 7.53. The number of aromatic nitrogens is 1. The van der Waals surface area contributed by atoms with E-state index in [2.05, 4.69) is 41.5 Å². The highest BCUT2D eigenvalue weighted by atomic mass is 16.4. The van der Waals surface area contributed by atoms with Crippen molar-refractivity contribution in [2.75, 3.05) is 0 Å². The molecule has 1 aromatic heterocycles. The van der Waals surface area contributed by atoms with Gasteiger partial charge >= 0.3 is 5.76 Å². The molecule has 0 fully saturated rings. The number of hydrogen-bond donors (Lipinski definition) is 0. The predicted octanol–water partition coefficient (Wildman–Crippen LogP) is 3.91. The molecule has 3 nitrogen and oxygen atoms in total. The fraction of sp³-hybridized carbons (Fsp3) is 0.812. The Balaban J connectivity index is 2.60. The van der Waals surface area contributed by atoms with Crippen LogP contribution < -0.4 is 5.76 Å². The minimum Gasteiger partial charge on any atom is -0.412 e. The van der Waals surface area contributed by atoms with Crippen molar-refractivity contribution in [2.24, 2.45) is 11.8 Å². The van der Waals surface area contributed by atoms with Crippen LogP contribution in [0.3, 0.4) is 0 Å². The number of hydrogen-bond acceptors (Lipinski definition) is 2. The van der Waals surface area contributed by atoms with Crippen LogP contribution in [-0.2, 0) is 11.8 Å². The Morgan fingerprint density at radius 2 is 1.89 bits per heavy atom. The van der Waals surface area contributed by atoms with E-state index in [1.807, 2.05) is 4.57 Å². The number of oxazole rings is 1. The molecule has 1 unspecified atom stereocenters. The lowest BCUT2D eigenvalue weighted by Crippen LogP contribution is -2.31. The molecule has 1 aromatic rings. The van der Waals surface area contributed by atoms with Crippen LogP contribution in [0.5, 0.6) is 0 Å². The maximum atomic E-state index is 12.1. The fourth-order valence-electron chi connectivity index (χ4n) is 3.86. The van der Waals surface area contributed by atoms with Gasteiger partial charge in [0, 0.05) is 11.5 Å². The molecule has 0 radical (unpaired) electrons. The standard InChI is InChI=1S/C16H27NO2/c1-10(2)12-8-7-9-13-14(16(12,5)6)19-15(18)17(13)11(3)4/h10-12H,7-9H2,1-6H3. The second-order valence-corrected chi connectivity index (χ2v) is 7.07. The van der Waals surface area contributed by atoms with Crippen molar-refractivity contribution < 1.29 is 4.42 Å². The topological polar surface area (TPSA) is 35.1 Å². The van der Waals surface area contributed by atoms with Gasteiger partial charge < -0.3 is 4.42 Å². The molecule has 19 heavy (non-hydrogen) atoms. The Kier molecular flexibility index (Phi) is 3.67. The van der Waals surface area contributed by atoms with Crippen LogP contribution in [0, 0.1) is 11.8 Å². The summed E-state index contributed by atoms with van der Waals surface area (Å²) in [5.74, 6) is 1.92. The van der Waals surface area contributed by atoms with Crippen molar-refractivity contribution in [1.29, 1.82) is 0 Å². The molecule has 108 valence electrons. The van der Waals surface area contributed by atoms with Gasteiger partial charge in [0.05, 0.1) is 5.69 Å². The maximum absolute atomic E-state index is 12.1. The van der Waals surface area contributed by atoms with Crippen LogP contribution in [0.15, 0.2) is 9.21 Å². The quantitative estimate of drug-likeness (QED) is 0.760. The summed E-state index contributed by atoms with van der Waals surface area (Å²) in [6.45, 7) is 13.1. The first-order chi connectivity index (χ1) is 8.76. The van der Waals surface area contributed by atoms with Gasteiger partial charge in [-0.25, -0.2) is 4.79 Å². The Morgan fingerprint density at radius 1 is 1.26 bits per heavy atom. The van der Waals surface area contributed by atoms with Gasteiger partial charge in [-0.3, -0.25) is 4.57 Å². The first-order valence-corrected chi connectivity index (χ1v) is 7.51. The molecule has 2 rings (SSSR count). The summed E-state index contributed by atoms with van der Waals surface area (Å²) >= 11 is 0. The SMILES string of the molecule is CC(C)C1CCCc2c(oc(=O)n2C(C)C)C1(C)C. The van der Waals surface area contributed by atoms with Crippen molar-refractivity contribution in [3.8, 4) is 0 Å². The second kappa shape index (κ2) is 4.84.